The molecule has 0 aliphatic carbocycles. The van der Waals surface area contributed by atoms with E-state index in [0.717, 1.165) is 12.1 Å². The molecule has 0 heterocycles. The van der Waals surface area contributed by atoms with Crippen molar-refractivity contribution in [3.8, 4) is 0 Å². The fourth-order valence-corrected chi connectivity index (χ4v) is 2.99. The highest BCUT2D eigenvalue weighted by molar-refractivity contribution is 7.91. The summed E-state index contributed by atoms with van der Waals surface area (Å²) in [5.41, 5.74) is 0.686. The smallest absolute Gasteiger partial charge is 0.322 e. The van der Waals surface area contributed by atoms with Crippen molar-refractivity contribution in [1.29, 1.82) is 0 Å². The number of amides is 1. The highest BCUT2D eigenvalue weighted by Crippen LogP contribution is 2.23. The number of carbonyl (C=O) groups is 1. The summed E-state index contributed by atoms with van der Waals surface area (Å²) in [6, 6.07) is 12.8. The van der Waals surface area contributed by atoms with Crippen LogP contribution in [-0.2, 0) is 9.84 Å². The van der Waals surface area contributed by atoms with E-state index in [4.69, 9.17) is 0 Å². The van der Waals surface area contributed by atoms with Crippen molar-refractivity contribution < 1.29 is 26.4 Å². The molecule has 0 saturated heterocycles. The third kappa shape index (κ3) is 4.82. The summed E-state index contributed by atoms with van der Waals surface area (Å²) in [7, 11) is -4.45. The van der Waals surface area contributed by atoms with Gasteiger partial charge in [-0.25, -0.2) is 8.42 Å². The molecule has 2 aromatic rings. The van der Waals surface area contributed by atoms with E-state index in [-0.39, 0.29) is 5.69 Å². The second-order valence-corrected chi connectivity index (χ2v) is 6.71. The first kappa shape index (κ1) is 17.0. The maximum atomic E-state index is 12.2. The molecule has 0 aliphatic heterocycles. The molecule has 4 nitrogen and oxygen atoms in total. The molecular weight excluding hydrogens is 331 g/mol. The second kappa shape index (κ2) is 6.41. The van der Waals surface area contributed by atoms with Crippen LogP contribution in [0.3, 0.4) is 0 Å². The van der Waals surface area contributed by atoms with Crippen LogP contribution in [0.1, 0.15) is 10.4 Å². The highest BCUT2D eigenvalue weighted by atomic mass is 32.2. The Labute approximate surface area is 130 Å². The van der Waals surface area contributed by atoms with Gasteiger partial charge in [0.2, 0.25) is 0 Å². The fourth-order valence-electron chi connectivity index (χ4n) is 1.84. The lowest BCUT2D eigenvalue weighted by atomic mass is 10.2. The van der Waals surface area contributed by atoms with Crippen molar-refractivity contribution in [3.63, 3.8) is 0 Å². The lowest BCUT2D eigenvalue weighted by Crippen LogP contribution is -2.22. The van der Waals surface area contributed by atoms with Gasteiger partial charge in [-0.15, -0.1) is 0 Å². The summed E-state index contributed by atoms with van der Waals surface area (Å²) < 4.78 is 59.9. The van der Waals surface area contributed by atoms with Gasteiger partial charge >= 0.3 is 6.18 Å². The first-order valence-corrected chi connectivity index (χ1v) is 8.09. The molecule has 8 heteroatoms. The van der Waals surface area contributed by atoms with Crippen LogP contribution in [0.15, 0.2) is 59.5 Å². The minimum absolute atomic E-state index is 0.282. The molecule has 122 valence electrons. The van der Waals surface area contributed by atoms with E-state index in [1.165, 1.54) is 12.1 Å². The second-order valence-electron chi connectivity index (χ2n) is 4.72. The van der Waals surface area contributed by atoms with E-state index in [2.05, 4.69) is 5.32 Å². The van der Waals surface area contributed by atoms with Gasteiger partial charge < -0.3 is 5.32 Å². The topological polar surface area (TPSA) is 63.2 Å². The number of anilines is 1. The number of halogens is 3. The number of alkyl halides is 3. The first-order valence-electron chi connectivity index (χ1n) is 6.43. The van der Waals surface area contributed by atoms with Crippen molar-refractivity contribution in [2.45, 2.75) is 11.1 Å². The summed E-state index contributed by atoms with van der Waals surface area (Å²) >= 11 is 0. The minimum Gasteiger partial charge on any atom is -0.322 e. The van der Waals surface area contributed by atoms with E-state index in [0.29, 0.717) is 5.56 Å². The molecule has 2 rings (SSSR count). The van der Waals surface area contributed by atoms with Crippen LogP contribution in [0.5, 0.6) is 0 Å². The van der Waals surface area contributed by atoms with Crippen LogP contribution in [0.4, 0.5) is 18.9 Å². The summed E-state index contributed by atoms with van der Waals surface area (Å²) in [5, 5.41) is 2.53. The van der Waals surface area contributed by atoms with Gasteiger partial charge in [0.05, 0.1) is 4.90 Å². The van der Waals surface area contributed by atoms with Crippen LogP contribution in [0, 0.1) is 0 Å². The number of benzene rings is 2. The molecule has 0 radical (unpaired) electrons. The zero-order valence-electron chi connectivity index (χ0n) is 11.7. The zero-order valence-corrected chi connectivity index (χ0v) is 12.5. The lowest BCUT2D eigenvalue weighted by molar-refractivity contribution is -0.106. The Morgan fingerprint density at radius 1 is 0.957 bits per heavy atom. The summed E-state index contributed by atoms with van der Waals surface area (Å²) in [4.78, 5) is 11.5. The third-order valence-electron chi connectivity index (χ3n) is 2.86. The largest absolute Gasteiger partial charge is 0.403 e. The molecule has 2 aromatic carbocycles. The third-order valence-corrected chi connectivity index (χ3v) is 4.56. The minimum atomic E-state index is -4.81. The lowest BCUT2D eigenvalue weighted by Gasteiger charge is -2.09. The van der Waals surface area contributed by atoms with Crippen LogP contribution >= 0.6 is 0 Å². The van der Waals surface area contributed by atoms with E-state index in [1.54, 1.807) is 30.3 Å². The molecule has 0 bridgehead atoms. The maximum Gasteiger partial charge on any atom is 0.403 e. The predicted octanol–water partition coefficient (Wildman–Crippen LogP) is 3.27. The average molecular weight is 343 g/mol. The van der Waals surface area contributed by atoms with Crippen LogP contribution in [-0.4, -0.2) is 26.3 Å². The van der Waals surface area contributed by atoms with Crippen molar-refractivity contribution in [3.05, 3.63) is 60.2 Å². The number of hydrogen-bond acceptors (Lipinski definition) is 3. The number of nitrogens with one attached hydrogen (secondary N) is 1. The molecule has 1 N–H and O–H groups in total. The molecule has 23 heavy (non-hydrogen) atoms. The summed E-state index contributed by atoms with van der Waals surface area (Å²) in [6.45, 7) is 0. The van der Waals surface area contributed by atoms with E-state index in [1.807, 2.05) is 0 Å². The van der Waals surface area contributed by atoms with Crippen LogP contribution in [0.2, 0.25) is 0 Å². The number of hydrogen-bond donors (Lipinski definition) is 1. The fraction of sp³-hybridized carbons (Fsp3) is 0.133. The SMILES string of the molecule is O=C(Nc1ccc(S(=O)(=O)CC(F)(F)F)cc1)c1ccccc1. The molecule has 0 fully saturated rings. The molecule has 0 aromatic heterocycles. The van der Waals surface area contributed by atoms with Crippen molar-refractivity contribution in [2.24, 2.45) is 0 Å². The molecular formula is C15H12F3NO3S. The zero-order chi connectivity index (χ0) is 17.1. The molecule has 0 atom stereocenters. The van der Waals surface area contributed by atoms with Crippen LogP contribution in [0.25, 0.3) is 0 Å². The number of sulfone groups is 1. The van der Waals surface area contributed by atoms with Crippen molar-refractivity contribution in [1.82, 2.24) is 0 Å². The van der Waals surface area contributed by atoms with Gasteiger partial charge in [0.15, 0.2) is 15.6 Å². The Morgan fingerprint density at radius 2 is 1.52 bits per heavy atom. The highest BCUT2D eigenvalue weighted by Gasteiger charge is 2.35. The molecule has 0 spiro atoms. The van der Waals surface area contributed by atoms with E-state index in [9.17, 15) is 26.4 Å². The summed E-state index contributed by atoms with van der Waals surface area (Å²) in [6.07, 6.45) is -4.81. The molecule has 0 unspecified atom stereocenters. The Hall–Kier alpha value is -2.35. The van der Waals surface area contributed by atoms with Gasteiger partial charge in [0.25, 0.3) is 5.91 Å². The Kier molecular flexibility index (Phi) is 4.74. The van der Waals surface area contributed by atoms with Gasteiger partial charge in [-0.05, 0) is 36.4 Å². The van der Waals surface area contributed by atoms with E-state index >= 15 is 0 Å². The standard InChI is InChI=1S/C15H12F3NO3S/c16-15(17,18)10-23(21,22)13-8-6-12(7-9-13)19-14(20)11-4-2-1-3-5-11/h1-9H,10H2,(H,19,20). The monoisotopic (exact) mass is 343 g/mol. The van der Waals surface area contributed by atoms with Crippen LogP contribution < -0.4 is 5.32 Å². The average Bonchev–Trinajstić information content (AvgIpc) is 2.46. The number of rotatable bonds is 4. The molecule has 0 saturated carbocycles. The maximum absolute atomic E-state index is 12.2. The van der Waals surface area contributed by atoms with Gasteiger partial charge in [-0.2, -0.15) is 13.2 Å². The van der Waals surface area contributed by atoms with Gasteiger partial charge in [-0.3, -0.25) is 4.79 Å². The predicted molar refractivity (Wildman–Crippen MR) is 78.9 cm³/mol. The van der Waals surface area contributed by atoms with E-state index < -0.39 is 32.6 Å². The van der Waals surface area contributed by atoms with Crippen molar-refractivity contribution in [2.75, 3.05) is 11.1 Å². The molecule has 1 amide bonds. The number of carbonyl (C=O) groups excluding carboxylic acids is 1. The Balaban J connectivity index is 2.13. The molecule has 0 aliphatic rings. The Bertz CT molecular complexity index is 785. The van der Waals surface area contributed by atoms with Gasteiger partial charge in [-0.1, -0.05) is 18.2 Å². The first-order chi connectivity index (χ1) is 10.7. The quantitative estimate of drug-likeness (QED) is 0.927. The Morgan fingerprint density at radius 3 is 2.04 bits per heavy atom. The normalized spacial score (nSPS) is 12.0. The van der Waals surface area contributed by atoms with Gasteiger partial charge in [0, 0.05) is 11.3 Å². The summed E-state index contributed by atoms with van der Waals surface area (Å²) in [5.74, 6) is -2.33. The van der Waals surface area contributed by atoms with Gasteiger partial charge in [0.1, 0.15) is 0 Å². The van der Waals surface area contributed by atoms with Crippen molar-refractivity contribution >= 4 is 21.4 Å².